The van der Waals surface area contributed by atoms with Crippen molar-refractivity contribution in [2.24, 2.45) is 5.73 Å². The first-order chi connectivity index (χ1) is 7.20. The number of hydrogen-bond donors (Lipinski definition) is 1. The SMILES string of the molecule is CSc1ccc2cnn(C[C@@H](C)N)c2c1. The lowest BCUT2D eigenvalue weighted by atomic mass is 10.2. The number of fused-ring (bicyclic) bond motifs is 1. The van der Waals surface area contributed by atoms with Crippen molar-refractivity contribution in [3.8, 4) is 0 Å². The van der Waals surface area contributed by atoms with Crippen molar-refractivity contribution in [2.45, 2.75) is 24.4 Å². The van der Waals surface area contributed by atoms with E-state index in [1.54, 1.807) is 11.8 Å². The van der Waals surface area contributed by atoms with E-state index in [1.807, 2.05) is 17.8 Å². The minimum Gasteiger partial charge on any atom is -0.326 e. The summed E-state index contributed by atoms with van der Waals surface area (Å²) in [6.07, 6.45) is 3.97. The smallest absolute Gasteiger partial charge is 0.0694 e. The Hall–Kier alpha value is -1.00. The van der Waals surface area contributed by atoms with Crippen LogP contribution in [0.5, 0.6) is 0 Å². The Kier molecular flexibility index (Phi) is 2.98. The Balaban J connectivity index is 2.46. The van der Waals surface area contributed by atoms with Gasteiger partial charge in [-0.25, -0.2) is 0 Å². The molecule has 0 fully saturated rings. The average Bonchev–Trinajstić information content (AvgIpc) is 2.60. The summed E-state index contributed by atoms with van der Waals surface area (Å²) in [5, 5.41) is 5.51. The fourth-order valence-electron chi connectivity index (χ4n) is 1.60. The van der Waals surface area contributed by atoms with E-state index in [-0.39, 0.29) is 6.04 Å². The Morgan fingerprint density at radius 3 is 3.00 bits per heavy atom. The number of rotatable bonds is 3. The van der Waals surface area contributed by atoms with E-state index in [9.17, 15) is 0 Å². The van der Waals surface area contributed by atoms with Crippen LogP contribution in [0.1, 0.15) is 6.92 Å². The van der Waals surface area contributed by atoms with E-state index in [1.165, 1.54) is 15.8 Å². The molecule has 4 heteroatoms. The van der Waals surface area contributed by atoms with Crippen LogP contribution >= 0.6 is 11.8 Å². The van der Waals surface area contributed by atoms with Crippen LogP contribution in [0.15, 0.2) is 29.3 Å². The number of nitrogens with zero attached hydrogens (tertiary/aromatic N) is 2. The molecule has 0 spiro atoms. The van der Waals surface area contributed by atoms with Gasteiger partial charge in [-0.3, -0.25) is 4.68 Å². The number of nitrogens with two attached hydrogens (primary N) is 1. The highest BCUT2D eigenvalue weighted by Crippen LogP contribution is 2.21. The molecule has 15 heavy (non-hydrogen) atoms. The Bertz CT molecular complexity index is 462. The molecule has 0 aliphatic heterocycles. The molecule has 0 unspecified atom stereocenters. The molecular formula is C11H15N3S. The molecule has 2 N–H and O–H groups in total. The summed E-state index contributed by atoms with van der Waals surface area (Å²) < 4.78 is 1.97. The van der Waals surface area contributed by atoms with Gasteiger partial charge in [0.15, 0.2) is 0 Å². The second-order valence-electron chi connectivity index (χ2n) is 3.73. The lowest BCUT2D eigenvalue weighted by Crippen LogP contribution is -2.22. The van der Waals surface area contributed by atoms with Gasteiger partial charge >= 0.3 is 0 Å². The largest absolute Gasteiger partial charge is 0.326 e. The summed E-state index contributed by atoms with van der Waals surface area (Å²) in [4.78, 5) is 1.26. The molecule has 0 saturated carbocycles. The van der Waals surface area contributed by atoms with Gasteiger partial charge in [0.2, 0.25) is 0 Å². The summed E-state index contributed by atoms with van der Waals surface area (Å²) in [7, 11) is 0. The number of thioether (sulfide) groups is 1. The molecular weight excluding hydrogens is 206 g/mol. The van der Waals surface area contributed by atoms with E-state index in [2.05, 4.69) is 29.6 Å². The molecule has 0 radical (unpaired) electrons. The van der Waals surface area contributed by atoms with Gasteiger partial charge in [0.1, 0.15) is 0 Å². The molecule has 0 bridgehead atoms. The van der Waals surface area contributed by atoms with Crippen LogP contribution in [0.4, 0.5) is 0 Å². The standard InChI is InChI=1S/C11H15N3S/c1-8(12)7-14-11-5-10(15-2)4-3-9(11)6-13-14/h3-6,8H,7,12H2,1-2H3/t8-/m1/s1. The monoisotopic (exact) mass is 221 g/mol. The molecule has 0 aliphatic carbocycles. The van der Waals surface area contributed by atoms with Crippen LogP contribution in [0.2, 0.25) is 0 Å². The first-order valence-electron chi connectivity index (χ1n) is 4.96. The summed E-state index contributed by atoms with van der Waals surface area (Å²) in [6.45, 7) is 2.76. The first-order valence-corrected chi connectivity index (χ1v) is 6.18. The van der Waals surface area contributed by atoms with E-state index < -0.39 is 0 Å². The maximum atomic E-state index is 5.78. The summed E-state index contributed by atoms with van der Waals surface area (Å²) in [5.41, 5.74) is 6.95. The normalized spacial score (nSPS) is 13.3. The fraction of sp³-hybridized carbons (Fsp3) is 0.364. The number of benzene rings is 1. The quantitative estimate of drug-likeness (QED) is 0.807. The van der Waals surface area contributed by atoms with Gasteiger partial charge < -0.3 is 5.73 Å². The van der Waals surface area contributed by atoms with E-state index in [0.29, 0.717) is 0 Å². The van der Waals surface area contributed by atoms with Gasteiger partial charge in [-0.2, -0.15) is 5.10 Å². The minimum absolute atomic E-state index is 0.131. The predicted molar refractivity (Wildman–Crippen MR) is 65.2 cm³/mol. The molecule has 80 valence electrons. The predicted octanol–water partition coefficient (Wildman–Crippen LogP) is 2.11. The molecule has 0 aliphatic rings. The van der Waals surface area contributed by atoms with Gasteiger partial charge in [0.25, 0.3) is 0 Å². The van der Waals surface area contributed by atoms with Crippen molar-refractivity contribution in [1.82, 2.24) is 9.78 Å². The molecule has 1 aromatic carbocycles. The van der Waals surface area contributed by atoms with E-state index in [0.717, 1.165) is 6.54 Å². The first kappa shape index (κ1) is 10.5. The van der Waals surface area contributed by atoms with Gasteiger partial charge in [-0.15, -0.1) is 11.8 Å². The van der Waals surface area contributed by atoms with Crippen molar-refractivity contribution in [3.63, 3.8) is 0 Å². The van der Waals surface area contributed by atoms with Crippen LogP contribution in [-0.2, 0) is 6.54 Å². The molecule has 2 rings (SSSR count). The van der Waals surface area contributed by atoms with Crippen LogP contribution < -0.4 is 5.73 Å². The molecule has 0 amide bonds. The van der Waals surface area contributed by atoms with Crippen LogP contribution in [-0.4, -0.2) is 22.1 Å². The number of aromatic nitrogens is 2. The van der Waals surface area contributed by atoms with Crippen molar-refractivity contribution in [2.75, 3.05) is 6.26 Å². The van der Waals surface area contributed by atoms with Gasteiger partial charge in [0, 0.05) is 16.3 Å². The molecule has 0 saturated heterocycles. The lowest BCUT2D eigenvalue weighted by molar-refractivity contribution is 0.553. The third kappa shape index (κ3) is 2.16. The van der Waals surface area contributed by atoms with E-state index in [4.69, 9.17) is 5.73 Å². The van der Waals surface area contributed by atoms with Crippen LogP contribution in [0.3, 0.4) is 0 Å². The highest BCUT2D eigenvalue weighted by molar-refractivity contribution is 7.98. The second-order valence-corrected chi connectivity index (χ2v) is 4.61. The zero-order valence-electron chi connectivity index (χ0n) is 8.97. The average molecular weight is 221 g/mol. The summed E-state index contributed by atoms with van der Waals surface area (Å²) in [5.74, 6) is 0. The third-order valence-electron chi connectivity index (χ3n) is 2.31. The zero-order valence-corrected chi connectivity index (χ0v) is 9.79. The molecule has 3 nitrogen and oxygen atoms in total. The Morgan fingerprint density at radius 1 is 1.53 bits per heavy atom. The third-order valence-corrected chi connectivity index (χ3v) is 3.04. The maximum absolute atomic E-state index is 5.78. The summed E-state index contributed by atoms with van der Waals surface area (Å²) in [6, 6.07) is 6.51. The Labute approximate surface area is 93.6 Å². The molecule has 1 heterocycles. The van der Waals surface area contributed by atoms with Gasteiger partial charge in [-0.1, -0.05) is 6.07 Å². The van der Waals surface area contributed by atoms with Crippen LogP contribution in [0.25, 0.3) is 10.9 Å². The summed E-state index contributed by atoms with van der Waals surface area (Å²) >= 11 is 1.74. The topological polar surface area (TPSA) is 43.8 Å². The minimum atomic E-state index is 0.131. The van der Waals surface area contributed by atoms with Gasteiger partial charge in [0.05, 0.1) is 18.3 Å². The highest BCUT2D eigenvalue weighted by atomic mass is 32.2. The van der Waals surface area contributed by atoms with Crippen molar-refractivity contribution in [3.05, 3.63) is 24.4 Å². The molecule has 1 aromatic heterocycles. The molecule has 2 aromatic rings. The highest BCUT2D eigenvalue weighted by Gasteiger charge is 2.04. The van der Waals surface area contributed by atoms with E-state index >= 15 is 0 Å². The fourth-order valence-corrected chi connectivity index (χ4v) is 2.03. The maximum Gasteiger partial charge on any atom is 0.0694 e. The van der Waals surface area contributed by atoms with Crippen LogP contribution in [0, 0.1) is 0 Å². The van der Waals surface area contributed by atoms with Gasteiger partial charge in [-0.05, 0) is 25.3 Å². The van der Waals surface area contributed by atoms with Crippen molar-refractivity contribution in [1.29, 1.82) is 0 Å². The molecule has 1 atom stereocenters. The number of hydrogen-bond acceptors (Lipinski definition) is 3. The van der Waals surface area contributed by atoms with Crippen molar-refractivity contribution >= 4 is 22.7 Å². The van der Waals surface area contributed by atoms with Crippen molar-refractivity contribution < 1.29 is 0 Å². The lowest BCUT2D eigenvalue weighted by Gasteiger charge is -2.07. The second kappa shape index (κ2) is 4.24. The zero-order chi connectivity index (χ0) is 10.8. The Morgan fingerprint density at radius 2 is 2.33 bits per heavy atom.